The number of hydrogen-bond acceptors (Lipinski definition) is 4. The van der Waals surface area contributed by atoms with Crippen molar-refractivity contribution >= 4 is 27.6 Å². The van der Waals surface area contributed by atoms with E-state index in [2.05, 4.69) is 9.82 Å². The number of alkyl halides is 3. The number of rotatable bonds is 4. The van der Waals surface area contributed by atoms with Crippen LogP contribution in [0.5, 0.6) is 0 Å². The number of halogens is 4. The summed E-state index contributed by atoms with van der Waals surface area (Å²) < 4.78 is 69.5. The molecule has 0 atom stereocenters. The third-order valence-electron chi connectivity index (χ3n) is 2.59. The van der Waals surface area contributed by atoms with Crippen molar-refractivity contribution in [3.05, 3.63) is 11.2 Å². The van der Waals surface area contributed by atoms with E-state index in [4.69, 9.17) is 16.3 Å². The van der Waals surface area contributed by atoms with Crippen LogP contribution in [0.15, 0.2) is 6.20 Å². The van der Waals surface area contributed by atoms with Crippen LogP contribution in [-0.4, -0.2) is 55.0 Å². The third kappa shape index (κ3) is 4.46. The monoisotopic (exact) mass is 348 g/mol. The van der Waals surface area contributed by atoms with Crippen LogP contribution in [0.25, 0.3) is 0 Å². The minimum atomic E-state index is -4.48. The van der Waals surface area contributed by atoms with Crippen LogP contribution in [0.1, 0.15) is 0 Å². The molecule has 1 aromatic heterocycles. The smallest absolute Gasteiger partial charge is 0.379 e. The van der Waals surface area contributed by atoms with Crippen LogP contribution in [0, 0.1) is 0 Å². The molecule has 21 heavy (non-hydrogen) atoms. The molecule has 0 radical (unpaired) electrons. The molecule has 0 aromatic carbocycles. The summed E-state index contributed by atoms with van der Waals surface area (Å²) in [5.41, 5.74) is 0. The van der Waals surface area contributed by atoms with Gasteiger partial charge in [0.05, 0.1) is 13.2 Å². The number of hydrogen-bond donors (Lipinski definition) is 1. The molecule has 1 aromatic rings. The van der Waals surface area contributed by atoms with Gasteiger partial charge in [-0.2, -0.15) is 31.0 Å². The first-order chi connectivity index (χ1) is 9.67. The Hall–Kier alpha value is -1.04. The summed E-state index contributed by atoms with van der Waals surface area (Å²) in [6, 6.07) is 0. The van der Waals surface area contributed by atoms with E-state index in [1.165, 1.54) is 0 Å². The van der Waals surface area contributed by atoms with Gasteiger partial charge >= 0.3 is 16.4 Å². The van der Waals surface area contributed by atoms with Gasteiger partial charge in [0, 0.05) is 19.3 Å². The predicted octanol–water partition coefficient (Wildman–Crippen LogP) is 1.09. The molecule has 1 fully saturated rings. The SMILES string of the molecule is O=S(=O)(Nc1nn(CC(F)(F)F)cc1Cl)N1CCOCC1. The fourth-order valence-corrected chi connectivity index (χ4v) is 3.11. The second kappa shape index (κ2) is 5.99. The highest BCUT2D eigenvalue weighted by molar-refractivity contribution is 7.90. The van der Waals surface area contributed by atoms with Crippen LogP contribution in [0.2, 0.25) is 5.02 Å². The predicted molar refractivity (Wildman–Crippen MR) is 68.2 cm³/mol. The van der Waals surface area contributed by atoms with Gasteiger partial charge < -0.3 is 4.74 Å². The topological polar surface area (TPSA) is 76.5 Å². The molecule has 1 N–H and O–H groups in total. The molecule has 12 heteroatoms. The normalized spacial score (nSPS) is 17.9. The molecule has 2 rings (SSSR count). The Morgan fingerprint density at radius 3 is 2.57 bits per heavy atom. The molecule has 1 aliphatic rings. The Bertz CT molecular complexity index is 598. The van der Waals surface area contributed by atoms with Gasteiger partial charge in [0.1, 0.15) is 11.6 Å². The van der Waals surface area contributed by atoms with Crippen LogP contribution >= 0.6 is 11.6 Å². The Balaban J connectivity index is 2.11. The lowest BCUT2D eigenvalue weighted by atomic mass is 10.5. The van der Waals surface area contributed by atoms with Gasteiger partial charge in [-0.25, -0.2) is 0 Å². The molecule has 0 bridgehead atoms. The number of nitrogens with one attached hydrogen (secondary N) is 1. The zero-order chi connectivity index (χ0) is 15.7. The maximum absolute atomic E-state index is 12.2. The lowest BCUT2D eigenvalue weighted by molar-refractivity contribution is -0.142. The van der Waals surface area contributed by atoms with Gasteiger partial charge in [0.15, 0.2) is 5.82 Å². The average molecular weight is 349 g/mol. The molecule has 1 saturated heterocycles. The van der Waals surface area contributed by atoms with Crippen LogP contribution in [-0.2, 0) is 21.5 Å². The van der Waals surface area contributed by atoms with Gasteiger partial charge in [0.25, 0.3) is 0 Å². The summed E-state index contributed by atoms with van der Waals surface area (Å²) >= 11 is 5.70. The molecule has 2 heterocycles. The number of morpholine rings is 1. The number of ether oxygens (including phenoxy) is 1. The number of nitrogens with zero attached hydrogens (tertiary/aromatic N) is 3. The van der Waals surface area contributed by atoms with E-state index in [1.807, 2.05) is 0 Å². The summed E-state index contributed by atoms with van der Waals surface area (Å²) in [5, 5.41) is 3.28. The first-order valence-corrected chi connectivity index (χ1v) is 7.64. The fourth-order valence-electron chi connectivity index (χ4n) is 1.70. The second-order valence-electron chi connectivity index (χ2n) is 4.26. The zero-order valence-electron chi connectivity index (χ0n) is 10.6. The van der Waals surface area contributed by atoms with E-state index in [9.17, 15) is 21.6 Å². The van der Waals surface area contributed by atoms with Crippen LogP contribution < -0.4 is 4.72 Å². The average Bonchev–Trinajstić information content (AvgIpc) is 2.67. The van der Waals surface area contributed by atoms with E-state index < -0.39 is 22.9 Å². The number of aromatic nitrogens is 2. The van der Waals surface area contributed by atoms with Gasteiger partial charge in [0.2, 0.25) is 0 Å². The highest BCUT2D eigenvalue weighted by atomic mass is 35.5. The largest absolute Gasteiger partial charge is 0.408 e. The summed E-state index contributed by atoms with van der Waals surface area (Å²) in [5.74, 6) is -0.340. The second-order valence-corrected chi connectivity index (χ2v) is 6.33. The molecule has 0 unspecified atom stereocenters. The molecule has 0 aliphatic carbocycles. The minimum absolute atomic E-state index is 0.149. The highest BCUT2D eigenvalue weighted by Crippen LogP contribution is 2.24. The van der Waals surface area contributed by atoms with Gasteiger partial charge in [-0.1, -0.05) is 11.6 Å². The molecule has 0 amide bonds. The highest BCUT2D eigenvalue weighted by Gasteiger charge is 2.30. The van der Waals surface area contributed by atoms with Gasteiger partial charge in [-0.15, -0.1) is 0 Å². The molecule has 120 valence electrons. The molecule has 0 spiro atoms. The standard InChI is InChI=1S/C9H12ClF3N4O3S/c10-7-5-16(6-9(11,12)13)14-8(7)15-21(18,19)17-1-3-20-4-2-17/h5H,1-4,6H2,(H,14,15). The van der Waals surface area contributed by atoms with Gasteiger partial charge in [-0.05, 0) is 0 Å². The Kier molecular flexibility index (Phi) is 4.66. The molecule has 1 aliphatic heterocycles. The number of anilines is 1. The molecule has 0 saturated carbocycles. The van der Waals surface area contributed by atoms with E-state index in [0.29, 0.717) is 4.68 Å². The third-order valence-corrected chi connectivity index (χ3v) is 4.37. The van der Waals surface area contributed by atoms with Crippen molar-refractivity contribution in [2.45, 2.75) is 12.7 Å². The Morgan fingerprint density at radius 1 is 1.38 bits per heavy atom. The molecule has 7 nitrogen and oxygen atoms in total. The summed E-state index contributed by atoms with van der Waals surface area (Å²) in [6.45, 7) is -0.563. The quantitative estimate of drug-likeness (QED) is 0.883. The summed E-state index contributed by atoms with van der Waals surface area (Å²) in [6.07, 6.45) is -3.57. The van der Waals surface area contributed by atoms with E-state index in [0.717, 1.165) is 10.5 Å². The maximum atomic E-state index is 12.2. The summed E-state index contributed by atoms with van der Waals surface area (Å²) in [7, 11) is -3.93. The Morgan fingerprint density at radius 2 is 2.00 bits per heavy atom. The van der Waals surface area contributed by atoms with E-state index in [-0.39, 0.29) is 37.1 Å². The fraction of sp³-hybridized carbons (Fsp3) is 0.667. The van der Waals surface area contributed by atoms with Crippen molar-refractivity contribution in [2.24, 2.45) is 0 Å². The lowest BCUT2D eigenvalue weighted by Gasteiger charge is -2.25. The van der Waals surface area contributed by atoms with Crippen molar-refractivity contribution in [1.29, 1.82) is 0 Å². The molecular formula is C9H12ClF3N4O3S. The van der Waals surface area contributed by atoms with E-state index >= 15 is 0 Å². The van der Waals surface area contributed by atoms with E-state index in [1.54, 1.807) is 0 Å². The van der Waals surface area contributed by atoms with Crippen LogP contribution in [0.4, 0.5) is 19.0 Å². The lowest BCUT2D eigenvalue weighted by Crippen LogP contribution is -2.43. The van der Waals surface area contributed by atoms with Crippen molar-refractivity contribution in [2.75, 3.05) is 31.0 Å². The van der Waals surface area contributed by atoms with Crippen molar-refractivity contribution < 1.29 is 26.3 Å². The Labute approximate surface area is 123 Å². The van der Waals surface area contributed by atoms with Crippen molar-refractivity contribution in [3.8, 4) is 0 Å². The maximum Gasteiger partial charge on any atom is 0.408 e. The van der Waals surface area contributed by atoms with Crippen molar-refractivity contribution in [1.82, 2.24) is 14.1 Å². The first kappa shape index (κ1) is 16.3. The summed E-state index contributed by atoms with van der Waals surface area (Å²) in [4.78, 5) is 0. The van der Waals surface area contributed by atoms with Gasteiger partial charge in [-0.3, -0.25) is 9.40 Å². The van der Waals surface area contributed by atoms with Crippen molar-refractivity contribution in [3.63, 3.8) is 0 Å². The van der Waals surface area contributed by atoms with Crippen LogP contribution in [0.3, 0.4) is 0 Å². The molecular weight excluding hydrogens is 337 g/mol. The minimum Gasteiger partial charge on any atom is -0.379 e. The zero-order valence-corrected chi connectivity index (χ0v) is 12.2. The first-order valence-electron chi connectivity index (χ1n) is 5.83.